The molecule has 0 saturated heterocycles. The summed E-state index contributed by atoms with van der Waals surface area (Å²) in [4.78, 5) is 31.6. The molecular formula is C29H26F2N4O2. The molecule has 0 saturated carbocycles. The number of hydrogen-bond donors (Lipinski definition) is 0. The molecule has 5 rings (SSSR count). The van der Waals surface area contributed by atoms with E-state index < -0.39 is 22.9 Å². The fourth-order valence-electron chi connectivity index (χ4n) is 4.37. The molecule has 0 amide bonds. The second kappa shape index (κ2) is 9.28. The van der Waals surface area contributed by atoms with E-state index in [0.29, 0.717) is 12.2 Å². The largest absolute Gasteiger partial charge is 0.337 e. The molecule has 6 nitrogen and oxygen atoms in total. The number of halogens is 2. The molecule has 188 valence electrons. The van der Waals surface area contributed by atoms with Gasteiger partial charge in [-0.3, -0.25) is 9.36 Å². The fraction of sp³-hybridized carbons (Fsp3) is 0.207. The Morgan fingerprint density at radius 3 is 2.16 bits per heavy atom. The van der Waals surface area contributed by atoms with Crippen LogP contribution in [0.15, 0.2) is 88.7 Å². The van der Waals surface area contributed by atoms with Crippen LogP contribution in [-0.4, -0.2) is 18.7 Å². The summed E-state index contributed by atoms with van der Waals surface area (Å²) in [6.45, 7) is 6.50. The van der Waals surface area contributed by atoms with Crippen molar-refractivity contribution in [2.75, 3.05) is 0 Å². The van der Waals surface area contributed by atoms with Crippen LogP contribution in [0.3, 0.4) is 0 Å². The first kappa shape index (κ1) is 24.4. The van der Waals surface area contributed by atoms with E-state index in [4.69, 9.17) is 0 Å². The van der Waals surface area contributed by atoms with Gasteiger partial charge in [-0.25, -0.2) is 23.1 Å². The Labute approximate surface area is 212 Å². The van der Waals surface area contributed by atoms with Crippen LogP contribution in [-0.2, 0) is 18.5 Å². The number of aromatic nitrogens is 4. The predicted molar refractivity (Wildman–Crippen MR) is 139 cm³/mol. The molecule has 3 aromatic carbocycles. The highest BCUT2D eigenvalue weighted by molar-refractivity contribution is 5.72. The van der Waals surface area contributed by atoms with E-state index in [0.717, 1.165) is 10.1 Å². The number of fused-ring (bicyclic) bond motifs is 1. The zero-order chi connectivity index (χ0) is 26.3. The Bertz CT molecular complexity index is 1710. The molecule has 0 bridgehead atoms. The standard InChI is InChI=1S/C29H26F2N4O2/c1-29(2,3)21-10-8-19(9-11-21)16-33-18-32-26-25(33)27(36)34(17-20-6-4-5-7-24(20)31)28(37)35(26)23-14-12-22(30)13-15-23/h4-15,18H,16-17H2,1-3H3. The third kappa shape index (κ3) is 4.62. The summed E-state index contributed by atoms with van der Waals surface area (Å²) in [6.07, 6.45) is 1.51. The van der Waals surface area contributed by atoms with Gasteiger partial charge in [-0.1, -0.05) is 63.2 Å². The topological polar surface area (TPSA) is 61.8 Å². The lowest BCUT2D eigenvalue weighted by Gasteiger charge is -2.19. The van der Waals surface area contributed by atoms with E-state index in [2.05, 4.69) is 37.9 Å². The van der Waals surface area contributed by atoms with E-state index in [9.17, 15) is 18.4 Å². The maximum absolute atomic E-state index is 14.5. The minimum absolute atomic E-state index is 0.00585. The zero-order valence-corrected chi connectivity index (χ0v) is 20.8. The molecule has 2 aromatic heterocycles. The van der Waals surface area contributed by atoms with Gasteiger partial charge in [0.15, 0.2) is 11.2 Å². The molecule has 2 heterocycles. The van der Waals surface area contributed by atoms with Crippen molar-refractivity contribution in [1.82, 2.24) is 18.7 Å². The van der Waals surface area contributed by atoms with Crippen molar-refractivity contribution in [1.29, 1.82) is 0 Å². The van der Waals surface area contributed by atoms with Crippen molar-refractivity contribution in [2.24, 2.45) is 0 Å². The molecule has 0 aliphatic carbocycles. The minimum Gasteiger partial charge on any atom is -0.320 e. The average Bonchev–Trinajstić information content (AvgIpc) is 3.27. The van der Waals surface area contributed by atoms with Crippen LogP contribution in [0.2, 0.25) is 0 Å². The van der Waals surface area contributed by atoms with Crippen LogP contribution in [0.5, 0.6) is 0 Å². The number of imidazole rings is 1. The highest BCUT2D eigenvalue weighted by Crippen LogP contribution is 2.23. The van der Waals surface area contributed by atoms with Crippen molar-refractivity contribution in [2.45, 2.75) is 39.3 Å². The molecule has 0 spiro atoms. The van der Waals surface area contributed by atoms with Gasteiger partial charge in [0.1, 0.15) is 11.6 Å². The van der Waals surface area contributed by atoms with Crippen molar-refractivity contribution in [3.8, 4) is 5.69 Å². The molecule has 5 aromatic rings. The molecular weight excluding hydrogens is 474 g/mol. The van der Waals surface area contributed by atoms with Gasteiger partial charge in [0.05, 0.1) is 18.6 Å². The molecule has 0 aliphatic heterocycles. The first-order valence-electron chi connectivity index (χ1n) is 11.9. The third-order valence-electron chi connectivity index (χ3n) is 6.44. The van der Waals surface area contributed by atoms with Gasteiger partial charge in [-0.2, -0.15) is 0 Å². The smallest absolute Gasteiger partial charge is 0.320 e. The fourth-order valence-corrected chi connectivity index (χ4v) is 4.37. The Kier molecular flexibility index (Phi) is 6.11. The van der Waals surface area contributed by atoms with Crippen molar-refractivity contribution in [3.63, 3.8) is 0 Å². The lowest BCUT2D eigenvalue weighted by Crippen LogP contribution is -2.40. The molecule has 0 radical (unpaired) electrons. The lowest BCUT2D eigenvalue weighted by atomic mass is 9.87. The molecule has 0 N–H and O–H groups in total. The van der Waals surface area contributed by atoms with Gasteiger partial charge < -0.3 is 4.57 Å². The number of rotatable bonds is 5. The van der Waals surface area contributed by atoms with E-state index in [1.807, 2.05) is 12.1 Å². The Morgan fingerprint density at radius 1 is 0.838 bits per heavy atom. The summed E-state index contributed by atoms with van der Waals surface area (Å²) in [7, 11) is 0. The summed E-state index contributed by atoms with van der Waals surface area (Å²) in [5.74, 6) is -0.980. The highest BCUT2D eigenvalue weighted by Gasteiger charge is 2.21. The normalized spacial score (nSPS) is 11.8. The number of benzene rings is 3. The lowest BCUT2D eigenvalue weighted by molar-refractivity contribution is 0.586. The van der Waals surface area contributed by atoms with Crippen LogP contribution < -0.4 is 11.2 Å². The van der Waals surface area contributed by atoms with E-state index in [1.165, 1.54) is 52.9 Å². The van der Waals surface area contributed by atoms with Crippen molar-refractivity contribution >= 4 is 11.2 Å². The first-order chi connectivity index (χ1) is 17.6. The van der Waals surface area contributed by atoms with E-state index in [-0.39, 0.29) is 28.7 Å². The van der Waals surface area contributed by atoms with Crippen LogP contribution in [0.1, 0.15) is 37.5 Å². The second-order valence-corrected chi connectivity index (χ2v) is 10.1. The molecule has 0 aliphatic rings. The van der Waals surface area contributed by atoms with Crippen LogP contribution in [0, 0.1) is 11.6 Å². The number of hydrogen-bond acceptors (Lipinski definition) is 3. The summed E-state index contributed by atoms with van der Waals surface area (Å²) in [6, 6.07) is 19.5. The molecule has 0 unspecified atom stereocenters. The average molecular weight is 501 g/mol. The summed E-state index contributed by atoms with van der Waals surface area (Å²) in [5, 5.41) is 0. The molecule has 0 fully saturated rings. The van der Waals surface area contributed by atoms with Gasteiger partial charge in [-0.15, -0.1) is 0 Å². The maximum Gasteiger partial charge on any atom is 0.337 e. The zero-order valence-electron chi connectivity index (χ0n) is 20.8. The summed E-state index contributed by atoms with van der Waals surface area (Å²) >= 11 is 0. The van der Waals surface area contributed by atoms with E-state index >= 15 is 0 Å². The second-order valence-electron chi connectivity index (χ2n) is 10.1. The van der Waals surface area contributed by atoms with Crippen molar-refractivity contribution < 1.29 is 8.78 Å². The molecule has 8 heteroatoms. The monoisotopic (exact) mass is 500 g/mol. The summed E-state index contributed by atoms with van der Waals surface area (Å²) in [5.41, 5.74) is 1.77. The van der Waals surface area contributed by atoms with Gasteiger partial charge in [0.25, 0.3) is 5.56 Å². The predicted octanol–water partition coefficient (Wildman–Crippen LogP) is 5.02. The number of nitrogens with zero attached hydrogens (tertiary/aromatic N) is 4. The Morgan fingerprint density at radius 2 is 1.51 bits per heavy atom. The third-order valence-corrected chi connectivity index (χ3v) is 6.44. The van der Waals surface area contributed by atoms with Crippen molar-refractivity contribution in [3.05, 3.63) is 128 Å². The van der Waals surface area contributed by atoms with Gasteiger partial charge in [-0.05, 0) is 46.9 Å². The van der Waals surface area contributed by atoms with Gasteiger partial charge in [0, 0.05) is 12.1 Å². The quantitative estimate of drug-likeness (QED) is 0.340. The van der Waals surface area contributed by atoms with Gasteiger partial charge in [0.2, 0.25) is 0 Å². The van der Waals surface area contributed by atoms with Crippen LogP contribution >= 0.6 is 0 Å². The SMILES string of the molecule is CC(C)(C)c1ccc(Cn2cnc3c2c(=O)n(Cc2ccccc2F)c(=O)n3-c2ccc(F)cc2)cc1. The van der Waals surface area contributed by atoms with Crippen LogP contribution in [0.4, 0.5) is 8.78 Å². The maximum atomic E-state index is 14.5. The minimum atomic E-state index is -0.688. The Hall–Kier alpha value is -4.33. The highest BCUT2D eigenvalue weighted by atomic mass is 19.1. The van der Waals surface area contributed by atoms with E-state index in [1.54, 1.807) is 16.7 Å². The summed E-state index contributed by atoms with van der Waals surface area (Å²) < 4.78 is 32.0. The first-order valence-corrected chi connectivity index (χ1v) is 11.9. The Balaban J connectivity index is 1.69. The molecule has 0 atom stereocenters. The molecule has 37 heavy (non-hydrogen) atoms. The van der Waals surface area contributed by atoms with Crippen LogP contribution in [0.25, 0.3) is 16.9 Å². The van der Waals surface area contributed by atoms with Gasteiger partial charge >= 0.3 is 5.69 Å².